The minimum absolute atomic E-state index is 0.123. The van der Waals surface area contributed by atoms with Crippen molar-refractivity contribution < 1.29 is 13.9 Å². The van der Waals surface area contributed by atoms with Gasteiger partial charge in [0, 0.05) is 17.3 Å². The summed E-state index contributed by atoms with van der Waals surface area (Å²) in [4.78, 5) is 12.0. The lowest BCUT2D eigenvalue weighted by Crippen LogP contribution is -2.20. The second-order valence-corrected chi connectivity index (χ2v) is 7.24. The van der Waals surface area contributed by atoms with Crippen molar-refractivity contribution in [1.82, 2.24) is 0 Å². The second-order valence-electron chi connectivity index (χ2n) is 5.95. The molecule has 28 heavy (non-hydrogen) atoms. The van der Waals surface area contributed by atoms with Gasteiger partial charge in [0.25, 0.3) is 5.91 Å². The summed E-state index contributed by atoms with van der Waals surface area (Å²) in [5.41, 5.74) is 2.07. The van der Waals surface area contributed by atoms with E-state index in [1.165, 1.54) is 12.1 Å². The molecule has 144 valence electrons. The maximum absolute atomic E-state index is 13.6. The molecule has 3 aromatic carbocycles. The van der Waals surface area contributed by atoms with E-state index < -0.39 is 11.7 Å². The Bertz CT molecular complexity index is 984. The summed E-state index contributed by atoms with van der Waals surface area (Å²) in [5, 5.41) is 6.43. The number of rotatable bonds is 7. The van der Waals surface area contributed by atoms with Crippen LogP contribution in [-0.4, -0.2) is 12.5 Å². The number of ether oxygens (including phenoxy) is 1. The summed E-state index contributed by atoms with van der Waals surface area (Å²) in [7, 11) is 0. The Morgan fingerprint density at radius 1 is 1.07 bits per heavy atom. The molecule has 1 amide bonds. The Balaban J connectivity index is 1.54. The number of carbonyl (C=O) groups is 1. The third kappa shape index (κ3) is 5.71. The number of anilines is 2. The summed E-state index contributed by atoms with van der Waals surface area (Å²) >= 11 is 9.42. The van der Waals surface area contributed by atoms with Crippen molar-refractivity contribution in [3.05, 3.63) is 87.6 Å². The number of carbonyl (C=O) groups excluding carboxylic acids is 1. The lowest BCUT2D eigenvalue weighted by Gasteiger charge is -2.11. The first-order chi connectivity index (χ1) is 13.5. The zero-order chi connectivity index (χ0) is 19.9. The first-order valence-corrected chi connectivity index (χ1v) is 9.63. The Hall–Kier alpha value is -2.57. The average molecular weight is 464 g/mol. The van der Waals surface area contributed by atoms with Crippen molar-refractivity contribution >= 4 is 44.8 Å². The average Bonchev–Trinajstić information content (AvgIpc) is 2.67. The minimum Gasteiger partial charge on any atom is -0.483 e. The molecule has 0 aliphatic rings. The molecule has 2 N–H and O–H groups in total. The lowest BCUT2D eigenvalue weighted by atomic mass is 10.2. The molecule has 0 aromatic heterocycles. The summed E-state index contributed by atoms with van der Waals surface area (Å²) in [6.07, 6.45) is 0. The first-order valence-electron chi connectivity index (χ1n) is 8.46. The van der Waals surface area contributed by atoms with Crippen LogP contribution in [0.15, 0.2) is 71.2 Å². The van der Waals surface area contributed by atoms with Crippen LogP contribution in [0, 0.1) is 5.82 Å². The van der Waals surface area contributed by atoms with Crippen LogP contribution in [0.4, 0.5) is 15.8 Å². The highest BCUT2D eigenvalue weighted by molar-refractivity contribution is 9.10. The van der Waals surface area contributed by atoms with Crippen LogP contribution < -0.4 is 15.4 Å². The van der Waals surface area contributed by atoms with E-state index in [1.54, 1.807) is 18.2 Å². The van der Waals surface area contributed by atoms with Gasteiger partial charge in [-0.2, -0.15) is 0 Å². The lowest BCUT2D eigenvalue weighted by molar-refractivity contribution is -0.118. The van der Waals surface area contributed by atoms with Gasteiger partial charge in [0.05, 0.1) is 10.2 Å². The zero-order valence-corrected chi connectivity index (χ0v) is 17.1. The normalized spacial score (nSPS) is 10.4. The van der Waals surface area contributed by atoms with Gasteiger partial charge in [-0.1, -0.05) is 35.9 Å². The van der Waals surface area contributed by atoms with E-state index >= 15 is 0 Å². The smallest absolute Gasteiger partial charge is 0.262 e. The molecular weight excluding hydrogens is 447 g/mol. The number of hydrogen-bond donors (Lipinski definition) is 2. The van der Waals surface area contributed by atoms with Gasteiger partial charge >= 0.3 is 0 Å². The molecular formula is C21H17BrClFN2O2. The summed E-state index contributed by atoms with van der Waals surface area (Å²) < 4.78 is 19.8. The van der Waals surface area contributed by atoms with Crippen LogP contribution in [0.1, 0.15) is 5.56 Å². The van der Waals surface area contributed by atoms with Gasteiger partial charge in [-0.25, -0.2) is 4.39 Å². The molecule has 0 saturated heterocycles. The van der Waals surface area contributed by atoms with E-state index in [1.807, 2.05) is 36.4 Å². The third-order valence-electron chi connectivity index (χ3n) is 3.82. The van der Waals surface area contributed by atoms with Crippen molar-refractivity contribution in [3.8, 4) is 5.75 Å². The van der Waals surface area contributed by atoms with E-state index in [4.69, 9.17) is 16.3 Å². The van der Waals surface area contributed by atoms with E-state index in [-0.39, 0.29) is 12.3 Å². The largest absolute Gasteiger partial charge is 0.483 e. The van der Waals surface area contributed by atoms with Crippen molar-refractivity contribution in [1.29, 1.82) is 0 Å². The van der Waals surface area contributed by atoms with E-state index in [2.05, 4.69) is 26.6 Å². The molecule has 0 fully saturated rings. The highest BCUT2D eigenvalue weighted by Crippen LogP contribution is 2.27. The summed E-state index contributed by atoms with van der Waals surface area (Å²) in [6, 6.07) is 19.0. The molecule has 3 rings (SSSR count). The van der Waals surface area contributed by atoms with E-state index in [0.29, 0.717) is 17.3 Å². The molecule has 0 heterocycles. The zero-order valence-electron chi connectivity index (χ0n) is 14.7. The molecule has 7 heteroatoms. The third-order valence-corrected chi connectivity index (χ3v) is 4.68. The highest BCUT2D eigenvalue weighted by Gasteiger charge is 2.09. The van der Waals surface area contributed by atoms with Crippen LogP contribution in [0.25, 0.3) is 0 Å². The van der Waals surface area contributed by atoms with Gasteiger partial charge in [0.15, 0.2) is 6.61 Å². The predicted molar refractivity (Wildman–Crippen MR) is 113 cm³/mol. The molecule has 3 aromatic rings. The molecule has 4 nitrogen and oxygen atoms in total. The number of amides is 1. The van der Waals surface area contributed by atoms with Crippen LogP contribution in [0.5, 0.6) is 5.75 Å². The van der Waals surface area contributed by atoms with Crippen LogP contribution in [-0.2, 0) is 11.3 Å². The second kappa shape index (κ2) is 9.57. The minimum atomic E-state index is -0.492. The fourth-order valence-electron chi connectivity index (χ4n) is 2.47. The quantitative estimate of drug-likeness (QED) is 0.461. The number of hydrogen-bond acceptors (Lipinski definition) is 3. The molecule has 0 spiro atoms. The molecule has 0 unspecified atom stereocenters. The van der Waals surface area contributed by atoms with Crippen molar-refractivity contribution in [3.63, 3.8) is 0 Å². The maximum Gasteiger partial charge on any atom is 0.262 e. The standard InChI is InChI=1S/C21H17BrClFN2O2/c22-17-10-14(12-25-16-5-3-4-15(23)11-16)8-9-20(17)28-13-21(27)26-19-7-2-1-6-18(19)24/h1-11,25H,12-13H2,(H,26,27). The summed E-state index contributed by atoms with van der Waals surface area (Å²) in [6.45, 7) is 0.375. The van der Waals surface area contributed by atoms with E-state index in [0.717, 1.165) is 15.7 Å². The van der Waals surface area contributed by atoms with Gasteiger partial charge in [-0.05, 0) is 64.0 Å². The van der Waals surface area contributed by atoms with E-state index in [9.17, 15) is 9.18 Å². The number of halogens is 3. The fourth-order valence-corrected chi connectivity index (χ4v) is 3.20. The van der Waals surface area contributed by atoms with Crippen LogP contribution in [0.3, 0.4) is 0 Å². The number of para-hydroxylation sites is 1. The highest BCUT2D eigenvalue weighted by atomic mass is 79.9. The molecule has 0 radical (unpaired) electrons. The Labute approximate surface area is 175 Å². The Morgan fingerprint density at radius 3 is 2.64 bits per heavy atom. The van der Waals surface area contributed by atoms with Gasteiger partial charge in [0.2, 0.25) is 0 Å². The molecule has 0 saturated carbocycles. The summed E-state index contributed by atoms with van der Waals surface area (Å²) in [5.74, 6) is -0.410. The van der Waals surface area contributed by atoms with Crippen LogP contribution >= 0.6 is 27.5 Å². The molecule has 0 bridgehead atoms. The van der Waals surface area contributed by atoms with Gasteiger partial charge in [0.1, 0.15) is 11.6 Å². The SMILES string of the molecule is O=C(COc1ccc(CNc2cccc(Cl)c2)cc1Br)Nc1ccccc1F. The fraction of sp³-hybridized carbons (Fsp3) is 0.0952. The van der Waals surface area contributed by atoms with Gasteiger partial charge in [-0.3, -0.25) is 4.79 Å². The predicted octanol–water partition coefficient (Wildman–Crippen LogP) is 5.87. The van der Waals surface area contributed by atoms with Gasteiger partial charge in [-0.15, -0.1) is 0 Å². The van der Waals surface area contributed by atoms with Gasteiger partial charge < -0.3 is 15.4 Å². The Morgan fingerprint density at radius 2 is 1.89 bits per heavy atom. The number of nitrogens with one attached hydrogen (secondary N) is 2. The number of benzene rings is 3. The maximum atomic E-state index is 13.6. The molecule has 0 aliphatic heterocycles. The monoisotopic (exact) mass is 462 g/mol. The van der Waals surface area contributed by atoms with Crippen molar-refractivity contribution in [2.24, 2.45) is 0 Å². The van der Waals surface area contributed by atoms with Crippen LogP contribution in [0.2, 0.25) is 5.02 Å². The molecule has 0 aliphatic carbocycles. The van der Waals surface area contributed by atoms with Crippen molar-refractivity contribution in [2.45, 2.75) is 6.54 Å². The topological polar surface area (TPSA) is 50.4 Å². The first kappa shape index (κ1) is 20.2. The van der Waals surface area contributed by atoms with Crippen molar-refractivity contribution in [2.75, 3.05) is 17.2 Å². The Kier molecular flexibility index (Phi) is 6.90. The molecule has 0 atom stereocenters.